The maximum absolute atomic E-state index is 12.3. The Labute approximate surface area is 116 Å². The third-order valence-electron chi connectivity index (χ3n) is 2.32. The van der Waals surface area contributed by atoms with Crippen molar-refractivity contribution in [3.63, 3.8) is 0 Å². The van der Waals surface area contributed by atoms with E-state index in [4.69, 9.17) is 5.11 Å². The van der Waals surface area contributed by atoms with Crippen LogP contribution in [0.25, 0.3) is 0 Å². The number of halogens is 3. The summed E-state index contributed by atoms with van der Waals surface area (Å²) in [7, 11) is 0. The summed E-state index contributed by atoms with van der Waals surface area (Å²) in [5, 5.41) is 11.9. The topological polar surface area (TPSA) is 79.3 Å². The van der Waals surface area contributed by atoms with Crippen molar-refractivity contribution in [3.05, 3.63) is 16.1 Å². The van der Waals surface area contributed by atoms with E-state index in [1.165, 1.54) is 0 Å². The number of unbranched alkanes of at least 4 members (excludes halogenated alkanes) is 1. The number of nitrogens with zero attached hydrogens (tertiary/aromatic N) is 1. The van der Waals surface area contributed by atoms with E-state index in [1.54, 1.807) is 0 Å². The second-order valence-corrected chi connectivity index (χ2v) is 4.94. The third kappa shape index (κ3) is 6.00. The number of alkyl halides is 3. The van der Waals surface area contributed by atoms with Crippen molar-refractivity contribution in [1.82, 2.24) is 10.3 Å². The molecular formula is C11H13F3N2O3S. The molecular weight excluding hydrogens is 297 g/mol. The van der Waals surface area contributed by atoms with Gasteiger partial charge in [0.25, 0.3) is 0 Å². The monoisotopic (exact) mass is 310 g/mol. The Morgan fingerprint density at radius 1 is 1.30 bits per heavy atom. The highest BCUT2D eigenvalue weighted by Gasteiger charge is 2.33. The van der Waals surface area contributed by atoms with E-state index in [1.807, 2.05) is 0 Å². The lowest BCUT2D eigenvalue weighted by molar-refractivity contribution is -0.141. The summed E-state index contributed by atoms with van der Waals surface area (Å²) in [6, 6.07) is 0. The van der Waals surface area contributed by atoms with Gasteiger partial charge in [-0.2, -0.15) is 13.2 Å². The number of rotatable bonds is 7. The van der Waals surface area contributed by atoms with Gasteiger partial charge in [-0.05, 0) is 12.8 Å². The smallest absolute Gasteiger partial charge is 0.434 e. The van der Waals surface area contributed by atoms with Gasteiger partial charge in [0.2, 0.25) is 5.91 Å². The number of carboxylic acid groups (broad SMARTS) is 1. The van der Waals surface area contributed by atoms with Crippen LogP contribution in [0.15, 0.2) is 5.38 Å². The first-order chi connectivity index (χ1) is 9.29. The Morgan fingerprint density at radius 3 is 2.50 bits per heavy atom. The molecule has 2 N–H and O–H groups in total. The Morgan fingerprint density at radius 2 is 1.95 bits per heavy atom. The van der Waals surface area contributed by atoms with Crippen LogP contribution in [-0.2, 0) is 22.3 Å². The van der Waals surface area contributed by atoms with Crippen molar-refractivity contribution in [2.75, 3.05) is 0 Å². The summed E-state index contributed by atoms with van der Waals surface area (Å²) < 4.78 is 36.8. The number of thiazole rings is 1. The molecule has 0 atom stereocenters. The predicted molar refractivity (Wildman–Crippen MR) is 65.1 cm³/mol. The zero-order valence-electron chi connectivity index (χ0n) is 10.4. The molecule has 0 aliphatic heterocycles. The fraction of sp³-hybridized carbons (Fsp3) is 0.545. The minimum absolute atomic E-state index is 0.00526. The number of carboxylic acids is 1. The molecule has 9 heteroatoms. The molecule has 20 heavy (non-hydrogen) atoms. The molecule has 0 fully saturated rings. The van der Waals surface area contributed by atoms with Crippen molar-refractivity contribution >= 4 is 23.2 Å². The zero-order valence-corrected chi connectivity index (χ0v) is 11.2. The predicted octanol–water partition coefficient (Wildman–Crippen LogP) is 2.42. The van der Waals surface area contributed by atoms with Gasteiger partial charge >= 0.3 is 12.1 Å². The highest BCUT2D eigenvalue weighted by atomic mass is 32.1. The number of aromatic nitrogens is 1. The molecule has 112 valence electrons. The van der Waals surface area contributed by atoms with Crippen molar-refractivity contribution < 1.29 is 27.9 Å². The number of amides is 1. The molecule has 1 aromatic rings. The third-order valence-corrected chi connectivity index (χ3v) is 3.17. The van der Waals surface area contributed by atoms with Crippen LogP contribution in [0.4, 0.5) is 13.2 Å². The summed E-state index contributed by atoms with van der Waals surface area (Å²) in [5.74, 6) is -1.26. The minimum Gasteiger partial charge on any atom is -0.481 e. The van der Waals surface area contributed by atoms with Crippen LogP contribution in [-0.4, -0.2) is 22.0 Å². The lowest BCUT2D eigenvalue weighted by Gasteiger charge is -2.03. The summed E-state index contributed by atoms with van der Waals surface area (Å²) in [5.41, 5.74) is -0.965. The first kappa shape index (κ1) is 16.4. The van der Waals surface area contributed by atoms with Gasteiger partial charge in [0.05, 0.1) is 6.54 Å². The zero-order chi connectivity index (χ0) is 15.2. The molecule has 1 amide bonds. The molecule has 1 heterocycles. The first-order valence-electron chi connectivity index (χ1n) is 5.79. The van der Waals surface area contributed by atoms with Crippen molar-refractivity contribution in [3.8, 4) is 0 Å². The van der Waals surface area contributed by atoms with Gasteiger partial charge in [0.1, 0.15) is 5.01 Å². The van der Waals surface area contributed by atoms with Gasteiger partial charge in [0.15, 0.2) is 5.69 Å². The molecule has 0 aliphatic carbocycles. The highest BCUT2D eigenvalue weighted by Crippen LogP contribution is 2.29. The largest absolute Gasteiger partial charge is 0.481 e. The van der Waals surface area contributed by atoms with Gasteiger partial charge in [-0.25, -0.2) is 4.98 Å². The van der Waals surface area contributed by atoms with Crippen LogP contribution in [0.5, 0.6) is 0 Å². The molecule has 0 unspecified atom stereocenters. The molecule has 0 bridgehead atoms. The van der Waals surface area contributed by atoms with E-state index < -0.39 is 17.8 Å². The molecule has 1 rings (SSSR count). The second-order valence-electron chi connectivity index (χ2n) is 4.00. The number of carbonyl (C=O) groups excluding carboxylic acids is 1. The van der Waals surface area contributed by atoms with Crippen LogP contribution in [0, 0.1) is 0 Å². The van der Waals surface area contributed by atoms with Crippen molar-refractivity contribution in [2.24, 2.45) is 0 Å². The van der Waals surface area contributed by atoms with Crippen molar-refractivity contribution in [1.29, 1.82) is 0 Å². The fourth-order valence-corrected chi connectivity index (χ4v) is 2.09. The van der Waals surface area contributed by atoms with Gasteiger partial charge in [-0.1, -0.05) is 0 Å². The quantitative estimate of drug-likeness (QED) is 0.758. The lowest BCUT2D eigenvalue weighted by atomic mass is 10.2. The Kier molecular flexibility index (Phi) is 5.93. The van der Waals surface area contributed by atoms with E-state index in [-0.39, 0.29) is 30.3 Å². The summed E-state index contributed by atoms with van der Waals surface area (Å²) in [6.07, 6.45) is -3.53. The molecule has 0 aliphatic rings. The highest BCUT2D eigenvalue weighted by molar-refractivity contribution is 7.09. The van der Waals surface area contributed by atoms with Crippen LogP contribution >= 0.6 is 11.3 Å². The first-order valence-corrected chi connectivity index (χ1v) is 6.67. The number of aliphatic carboxylic acids is 1. The molecule has 0 saturated heterocycles. The van der Waals surface area contributed by atoms with E-state index in [2.05, 4.69) is 10.3 Å². The van der Waals surface area contributed by atoms with Crippen LogP contribution < -0.4 is 5.32 Å². The van der Waals surface area contributed by atoms with E-state index in [0.717, 1.165) is 16.7 Å². The minimum atomic E-state index is -4.48. The Bertz CT molecular complexity index is 474. The molecule has 1 aromatic heterocycles. The number of hydrogen-bond acceptors (Lipinski definition) is 4. The summed E-state index contributed by atoms with van der Waals surface area (Å²) in [4.78, 5) is 25.0. The average Bonchev–Trinajstić information content (AvgIpc) is 2.80. The van der Waals surface area contributed by atoms with Crippen LogP contribution in [0.3, 0.4) is 0 Å². The molecule has 0 saturated carbocycles. The van der Waals surface area contributed by atoms with Gasteiger partial charge in [0, 0.05) is 18.2 Å². The number of carbonyl (C=O) groups is 2. The molecule has 0 radical (unpaired) electrons. The molecule has 5 nitrogen and oxygen atoms in total. The van der Waals surface area contributed by atoms with E-state index in [9.17, 15) is 22.8 Å². The van der Waals surface area contributed by atoms with Gasteiger partial charge in [-0.15, -0.1) is 11.3 Å². The Balaban J connectivity index is 2.27. The average molecular weight is 310 g/mol. The second kappa shape index (κ2) is 7.22. The van der Waals surface area contributed by atoms with Gasteiger partial charge < -0.3 is 10.4 Å². The van der Waals surface area contributed by atoms with Crippen molar-refractivity contribution in [2.45, 2.75) is 38.4 Å². The van der Waals surface area contributed by atoms with E-state index in [0.29, 0.717) is 12.8 Å². The molecule has 0 aromatic carbocycles. The Hall–Kier alpha value is -1.64. The molecule has 0 spiro atoms. The standard InChI is InChI=1S/C11H13F3N2O3S/c12-11(13,14)7-6-20-9(16-7)5-15-8(17)3-1-2-4-10(18)19/h6H,1-5H2,(H,15,17)(H,18,19). The summed E-state index contributed by atoms with van der Waals surface area (Å²) in [6.45, 7) is -0.0570. The maximum Gasteiger partial charge on any atom is 0.434 e. The number of hydrogen-bond donors (Lipinski definition) is 2. The van der Waals surface area contributed by atoms with Crippen LogP contribution in [0.2, 0.25) is 0 Å². The summed E-state index contributed by atoms with van der Waals surface area (Å²) >= 11 is 0.827. The van der Waals surface area contributed by atoms with Crippen LogP contribution in [0.1, 0.15) is 36.4 Å². The SMILES string of the molecule is O=C(O)CCCCC(=O)NCc1nc(C(F)(F)F)cs1. The number of nitrogens with one attached hydrogen (secondary N) is 1. The lowest BCUT2D eigenvalue weighted by Crippen LogP contribution is -2.22. The normalized spacial score (nSPS) is 11.3. The maximum atomic E-state index is 12.3. The van der Waals surface area contributed by atoms with Gasteiger partial charge in [-0.3, -0.25) is 9.59 Å². The van der Waals surface area contributed by atoms with E-state index >= 15 is 0 Å². The fourth-order valence-electron chi connectivity index (χ4n) is 1.35.